The molecule has 0 aliphatic carbocycles. The fourth-order valence-corrected chi connectivity index (χ4v) is 6.24. The molecule has 73 heavy (non-hydrogen) atoms. The second-order valence-electron chi connectivity index (χ2n) is 20.8. The van der Waals surface area contributed by atoms with Crippen molar-refractivity contribution in [3.8, 4) is 11.5 Å². The normalized spacial score (nSPS) is 13.8. The van der Waals surface area contributed by atoms with Crippen molar-refractivity contribution in [3.05, 3.63) is 129 Å². The van der Waals surface area contributed by atoms with E-state index in [4.69, 9.17) is 39.6 Å². The van der Waals surface area contributed by atoms with E-state index in [-0.39, 0.29) is 91.6 Å². The fourth-order valence-electron chi connectivity index (χ4n) is 6.24. The number of carbonyl (C=O) groups excluding carboxylic acids is 4. The molecule has 0 unspecified atom stereocenters. The molecule has 17 heteroatoms. The Balaban J connectivity index is -0.000000376. The zero-order valence-electron chi connectivity index (χ0n) is 46.9. The van der Waals surface area contributed by atoms with E-state index in [1.54, 1.807) is 0 Å². The molecule has 0 aromatic heterocycles. The van der Waals surface area contributed by atoms with Gasteiger partial charge < -0.3 is 71.1 Å². The van der Waals surface area contributed by atoms with E-state index in [0.717, 1.165) is 76.1 Å². The number of carboxylic acid groups (broad SMARTS) is 4. The maximum atomic E-state index is 13.4. The summed E-state index contributed by atoms with van der Waals surface area (Å²) in [4.78, 5) is 35.6. The molecule has 14 nitrogen and oxygen atoms in total. The minimum absolute atomic E-state index is 0. The summed E-state index contributed by atoms with van der Waals surface area (Å²) in [6, 6.07) is 28.9. The van der Waals surface area contributed by atoms with Crippen LogP contribution in [0, 0.1) is 24.7 Å². The standard InChI is InChI=1S/C34H56N4O2.2C7H8.4C2H4O2.3Zn/c1-31(2,3)27-11-23-15-35-19-33(7,8)21-37-17-25-13-28(32(4,5)6)14-26(30(25)40)18-38-22-34(9,10)20-36-16-24(12-27)29(23)39;2*1-7-5-3-2-4-6-7;4*1-2(3)4;;;/h11-14,35-40H,15-22H2,1-10H3;2*2-6H,1H3;4*1H3,(H,3,4);;;/q;;;;;;;3*+2/p-6. The first-order valence-corrected chi connectivity index (χ1v) is 23.3. The Morgan fingerprint density at radius 1 is 0.425 bits per heavy atom. The van der Waals surface area contributed by atoms with Gasteiger partial charge in [-0.3, -0.25) is 0 Å². The summed E-state index contributed by atoms with van der Waals surface area (Å²) in [6.45, 7) is 35.2. The summed E-state index contributed by atoms with van der Waals surface area (Å²) in [5, 5.41) is 76.7. The van der Waals surface area contributed by atoms with Gasteiger partial charge in [-0.2, -0.15) is 0 Å². The molecule has 4 N–H and O–H groups in total. The average molecular weight is 1170 g/mol. The number of nitrogens with one attached hydrogen (secondary N) is 4. The van der Waals surface area contributed by atoms with E-state index in [1.807, 2.05) is 36.4 Å². The second kappa shape index (κ2) is 39.5. The van der Waals surface area contributed by atoms with Gasteiger partial charge in [0, 0.05) is 76.2 Å². The van der Waals surface area contributed by atoms with Crippen LogP contribution >= 0.6 is 0 Å². The molecule has 0 saturated heterocycles. The van der Waals surface area contributed by atoms with Crippen LogP contribution in [0.1, 0.15) is 141 Å². The first kappa shape index (κ1) is 78.0. The Morgan fingerprint density at radius 3 is 0.740 bits per heavy atom. The van der Waals surface area contributed by atoms with E-state index in [9.17, 15) is 10.2 Å². The number of hydrogen-bond acceptors (Lipinski definition) is 14. The Morgan fingerprint density at radius 2 is 0.603 bits per heavy atom. The topological polar surface area (TPSA) is 255 Å². The van der Waals surface area contributed by atoms with E-state index in [0.29, 0.717) is 26.2 Å². The number of carboxylic acids is 4. The van der Waals surface area contributed by atoms with Crippen LogP contribution in [0.2, 0.25) is 0 Å². The quantitative estimate of drug-likeness (QED) is 0.184. The SMILES string of the molecule is CC(=O)[O-].CC(=O)[O-].CC(=O)[O-].CC(=O)[O-].CC1(C)CNCc2cc(C(C)(C)C)cc(c2[O-])CNCC(C)(C)CNCc2cc(C(C)(C)C)cc(c2[O-])CNC1.Cc1ccccc1.Cc1ccccc1.[Zn+2].[Zn+2].[Zn+2]. The van der Waals surface area contributed by atoms with Crippen molar-refractivity contribution in [2.45, 2.75) is 148 Å². The molecule has 392 valence electrons. The summed E-state index contributed by atoms with van der Waals surface area (Å²) >= 11 is 0. The zero-order chi connectivity index (χ0) is 54.5. The summed E-state index contributed by atoms with van der Waals surface area (Å²) in [7, 11) is 0. The van der Waals surface area contributed by atoms with Gasteiger partial charge in [0.2, 0.25) is 0 Å². The summed E-state index contributed by atoms with van der Waals surface area (Å²) in [5.74, 6) is -4.07. The minimum Gasteiger partial charge on any atom is -0.872 e. The van der Waals surface area contributed by atoms with Gasteiger partial charge in [-0.25, -0.2) is 0 Å². The van der Waals surface area contributed by atoms with Crippen LogP contribution in [0.25, 0.3) is 0 Å². The van der Waals surface area contributed by atoms with Crippen LogP contribution in [-0.2, 0) is 115 Å². The number of hydrogen-bond donors (Lipinski definition) is 4. The molecule has 4 aromatic rings. The molecule has 0 spiro atoms. The van der Waals surface area contributed by atoms with Gasteiger partial charge >= 0.3 is 58.4 Å². The Bertz CT molecular complexity index is 1900. The molecule has 5 rings (SSSR count). The monoisotopic (exact) mass is 1160 g/mol. The molecule has 4 aromatic carbocycles. The van der Waals surface area contributed by atoms with Gasteiger partial charge in [0.15, 0.2) is 0 Å². The van der Waals surface area contributed by atoms with Gasteiger partial charge in [0.25, 0.3) is 0 Å². The first-order chi connectivity index (χ1) is 32.1. The predicted octanol–water partition coefficient (Wildman–Crippen LogP) is 3.56. The van der Waals surface area contributed by atoms with Gasteiger partial charge in [-0.15, -0.1) is 0 Å². The van der Waals surface area contributed by atoms with Crippen molar-refractivity contribution in [1.29, 1.82) is 0 Å². The van der Waals surface area contributed by atoms with E-state index >= 15 is 0 Å². The molecule has 0 radical (unpaired) electrons. The van der Waals surface area contributed by atoms with E-state index in [2.05, 4.69) is 153 Å². The second-order valence-corrected chi connectivity index (χ2v) is 20.8. The summed E-state index contributed by atoms with van der Waals surface area (Å²) in [5.41, 5.74) is 8.12. The largest absolute Gasteiger partial charge is 2.00 e. The number of aliphatic carboxylic acids is 4. The van der Waals surface area contributed by atoms with Gasteiger partial charge in [-0.05, 0) is 96.6 Å². The van der Waals surface area contributed by atoms with Crippen molar-refractivity contribution in [2.24, 2.45) is 10.8 Å². The zero-order valence-corrected chi connectivity index (χ0v) is 55.8. The van der Waals surface area contributed by atoms with Crippen LogP contribution in [0.3, 0.4) is 0 Å². The van der Waals surface area contributed by atoms with Gasteiger partial charge in [0.05, 0.1) is 0 Å². The predicted molar refractivity (Wildman–Crippen MR) is 269 cm³/mol. The molecule has 1 aliphatic rings. The van der Waals surface area contributed by atoms with Gasteiger partial charge in [0.1, 0.15) is 0 Å². The van der Waals surface area contributed by atoms with Crippen LogP contribution in [0.5, 0.6) is 11.5 Å². The summed E-state index contributed by atoms with van der Waals surface area (Å²) in [6.07, 6.45) is 0. The molecular formula is C56H82N4O10Zn3. The number of fused-ring (bicyclic) bond motifs is 4. The van der Waals surface area contributed by atoms with Crippen molar-refractivity contribution in [1.82, 2.24) is 21.3 Å². The molecule has 0 atom stereocenters. The average Bonchev–Trinajstić information content (AvgIpc) is 3.19. The Hall–Kier alpha value is -3.93. The van der Waals surface area contributed by atoms with Crippen molar-refractivity contribution in [3.63, 3.8) is 0 Å². The maximum absolute atomic E-state index is 13.4. The van der Waals surface area contributed by atoms with E-state index < -0.39 is 23.9 Å². The van der Waals surface area contributed by atoms with Crippen molar-refractivity contribution in [2.75, 3.05) is 26.2 Å². The van der Waals surface area contributed by atoms with Crippen LogP contribution in [-0.4, -0.2) is 50.1 Å². The summed E-state index contributed by atoms with van der Waals surface area (Å²) < 4.78 is 0. The molecule has 0 amide bonds. The third-order valence-corrected chi connectivity index (χ3v) is 9.77. The molecule has 4 bridgehead atoms. The van der Waals surface area contributed by atoms with Crippen LogP contribution < -0.4 is 51.9 Å². The number of carbonyl (C=O) groups is 4. The molecular weight excluding hydrogens is 1080 g/mol. The minimum atomic E-state index is -1.08. The number of benzene rings is 4. The smallest absolute Gasteiger partial charge is 0.872 e. The maximum Gasteiger partial charge on any atom is 2.00 e. The molecule has 0 saturated carbocycles. The Labute approximate surface area is 476 Å². The molecule has 0 fully saturated rings. The van der Waals surface area contributed by atoms with Crippen LogP contribution in [0.4, 0.5) is 0 Å². The van der Waals surface area contributed by atoms with Crippen molar-refractivity contribution >= 4 is 23.9 Å². The fraction of sp³-hybridized carbons (Fsp3) is 0.500. The van der Waals surface area contributed by atoms with Gasteiger partial charge in [-0.1, -0.05) is 177 Å². The van der Waals surface area contributed by atoms with Crippen LogP contribution in [0.15, 0.2) is 84.9 Å². The first-order valence-electron chi connectivity index (χ1n) is 23.3. The molecule has 1 aliphatic heterocycles. The van der Waals surface area contributed by atoms with E-state index in [1.165, 1.54) is 22.3 Å². The number of rotatable bonds is 0. The van der Waals surface area contributed by atoms with Crippen molar-refractivity contribution < 1.29 is 108 Å². The number of aryl methyl sites for hydroxylation is 2. The Kier molecular flexibility index (Phi) is 42.2. The third kappa shape index (κ3) is 42.0. The molecule has 1 heterocycles. The third-order valence-electron chi connectivity index (χ3n) is 9.77.